The first-order valence-electron chi connectivity index (χ1n) is 11.2. The fourth-order valence-corrected chi connectivity index (χ4v) is 4.68. The van der Waals surface area contributed by atoms with Crippen LogP contribution in [-0.4, -0.2) is 21.9 Å². The van der Waals surface area contributed by atoms with Gasteiger partial charge < -0.3 is 9.47 Å². The number of amides is 1. The van der Waals surface area contributed by atoms with Gasteiger partial charge in [0.15, 0.2) is 0 Å². The number of carbonyl (C=O) groups is 1. The second-order valence-electron chi connectivity index (χ2n) is 8.73. The van der Waals surface area contributed by atoms with Crippen molar-refractivity contribution in [3.05, 3.63) is 106 Å². The largest absolute Gasteiger partial charge is 0.416 e. The molecule has 0 atom stereocenters. The second kappa shape index (κ2) is 8.79. The Morgan fingerprint density at radius 3 is 1.86 bits per heavy atom. The zero-order valence-corrected chi connectivity index (χ0v) is 19.0. The van der Waals surface area contributed by atoms with Crippen molar-refractivity contribution in [3.63, 3.8) is 0 Å². The van der Waals surface area contributed by atoms with Crippen LogP contribution >= 0.6 is 0 Å². The maximum absolute atomic E-state index is 13.7. The molecule has 1 amide bonds. The van der Waals surface area contributed by atoms with Crippen molar-refractivity contribution >= 4 is 16.7 Å². The summed E-state index contributed by atoms with van der Waals surface area (Å²) in [4.78, 5) is 28.1. The summed E-state index contributed by atoms with van der Waals surface area (Å²) in [6.07, 6.45) is -10.00. The molecule has 4 nitrogen and oxygen atoms in total. The van der Waals surface area contributed by atoms with Crippen LogP contribution in [0.1, 0.15) is 27.2 Å². The van der Waals surface area contributed by atoms with Gasteiger partial charge in [0.2, 0.25) is 0 Å². The summed E-state index contributed by atoms with van der Waals surface area (Å²) in [5, 5.41) is 0.928. The van der Waals surface area contributed by atoms with E-state index >= 15 is 0 Å². The zero-order valence-electron chi connectivity index (χ0n) is 19.0. The molecule has 0 spiro atoms. The third kappa shape index (κ3) is 4.47. The lowest BCUT2D eigenvalue weighted by molar-refractivity contribution is -0.143. The standard InChI is InChI=1S/C27H18F6N2O2/c28-26(29,30)18-12-16(13-19(14-18)27(31,32)33)15-34-10-11-35-23(25(34)37)22(17-6-2-1-3-7-17)20-8-4-5-9-21(20)24(35)36/h1-9,12-14H,10-11,15H2. The van der Waals surface area contributed by atoms with Gasteiger partial charge >= 0.3 is 12.4 Å². The van der Waals surface area contributed by atoms with E-state index in [1.165, 1.54) is 9.47 Å². The number of nitrogens with zero attached hydrogens (tertiary/aromatic N) is 2. The van der Waals surface area contributed by atoms with Crippen LogP contribution < -0.4 is 5.56 Å². The van der Waals surface area contributed by atoms with Crippen LogP contribution in [0.4, 0.5) is 26.3 Å². The molecule has 1 aromatic heterocycles. The number of carbonyl (C=O) groups excluding carboxylic acids is 1. The summed E-state index contributed by atoms with van der Waals surface area (Å²) in [5.41, 5.74) is -2.43. The van der Waals surface area contributed by atoms with Crippen molar-refractivity contribution in [2.45, 2.75) is 25.4 Å². The average molecular weight is 516 g/mol. The van der Waals surface area contributed by atoms with Crippen LogP contribution in [0.5, 0.6) is 0 Å². The van der Waals surface area contributed by atoms with E-state index in [2.05, 4.69) is 0 Å². The maximum atomic E-state index is 13.7. The highest BCUT2D eigenvalue weighted by Gasteiger charge is 2.38. The van der Waals surface area contributed by atoms with Crippen LogP contribution in [0, 0.1) is 0 Å². The summed E-state index contributed by atoms with van der Waals surface area (Å²) in [5.74, 6) is -0.654. The molecule has 37 heavy (non-hydrogen) atoms. The normalized spacial score (nSPS) is 14.2. The number of fused-ring (bicyclic) bond motifs is 2. The fraction of sp³-hybridized carbons (Fsp3) is 0.185. The van der Waals surface area contributed by atoms with E-state index in [0.29, 0.717) is 34.0 Å². The first-order valence-corrected chi connectivity index (χ1v) is 11.2. The molecular weight excluding hydrogens is 498 g/mol. The molecule has 0 saturated carbocycles. The molecule has 0 radical (unpaired) electrons. The molecule has 0 N–H and O–H groups in total. The second-order valence-corrected chi connectivity index (χ2v) is 8.73. The first-order chi connectivity index (χ1) is 17.4. The van der Waals surface area contributed by atoms with Gasteiger partial charge in [0, 0.05) is 30.6 Å². The van der Waals surface area contributed by atoms with Gasteiger partial charge in [-0.05, 0) is 40.8 Å². The van der Waals surface area contributed by atoms with E-state index in [4.69, 9.17) is 0 Å². The Hall–Kier alpha value is -4.08. The van der Waals surface area contributed by atoms with E-state index in [1.807, 2.05) is 0 Å². The number of alkyl halides is 6. The van der Waals surface area contributed by atoms with E-state index in [-0.39, 0.29) is 30.4 Å². The monoisotopic (exact) mass is 516 g/mol. The molecule has 4 aromatic rings. The number of hydrogen-bond acceptors (Lipinski definition) is 2. The smallest absolute Gasteiger partial charge is 0.331 e. The van der Waals surface area contributed by atoms with E-state index < -0.39 is 41.5 Å². The summed E-state index contributed by atoms with van der Waals surface area (Å²) in [6.45, 7) is -0.507. The predicted molar refractivity (Wildman–Crippen MR) is 125 cm³/mol. The van der Waals surface area contributed by atoms with Crippen LogP contribution in [0.2, 0.25) is 0 Å². The van der Waals surface area contributed by atoms with Gasteiger partial charge in [-0.15, -0.1) is 0 Å². The molecule has 0 saturated heterocycles. The summed E-state index contributed by atoms with van der Waals surface area (Å²) < 4.78 is 81.3. The highest BCUT2D eigenvalue weighted by molar-refractivity contribution is 6.08. The number of pyridine rings is 1. The van der Waals surface area contributed by atoms with Crippen LogP contribution in [0.25, 0.3) is 21.9 Å². The molecule has 1 aliphatic rings. The number of hydrogen-bond donors (Lipinski definition) is 0. The highest BCUT2D eigenvalue weighted by Crippen LogP contribution is 2.37. The molecule has 0 fully saturated rings. The number of rotatable bonds is 3. The predicted octanol–water partition coefficient (Wildman–Crippen LogP) is 6.36. The first kappa shape index (κ1) is 24.6. The Balaban J connectivity index is 1.64. The SMILES string of the molecule is O=C1c2c(-c3ccccc3)c3ccccc3c(=O)n2CCN1Cc1cc(C(F)(F)F)cc(C(F)(F)F)c1. The van der Waals surface area contributed by atoms with Crippen molar-refractivity contribution in [2.24, 2.45) is 0 Å². The van der Waals surface area contributed by atoms with E-state index in [9.17, 15) is 35.9 Å². The Kier molecular flexibility index (Phi) is 5.85. The van der Waals surface area contributed by atoms with Gasteiger partial charge in [-0.1, -0.05) is 48.5 Å². The maximum Gasteiger partial charge on any atom is 0.416 e. The van der Waals surface area contributed by atoms with E-state index in [1.54, 1.807) is 54.6 Å². The van der Waals surface area contributed by atoms with Crippen molar-refractivity contribution in [1.29, 1.82) is 0 Å². The quantitative estimate of drug-likeness (QED) is 0.298. The minimum atomic E-state index is -5.00. The molecule has 5 rings (SSSR count). The third-order valence-corrected chi connectivity index (χ3v) is 6.35. The lowest BCUT2D eigenvalue weighted by Gasteiger charge is -2.32. The molecule has 3 aromatic carbocycles. The van der Waals surface area contributed by atoms with Crippen LogP contribution in [0.15, 0.2) is 77.6 Å². The Morgan fingerprint density at radius 2 is 1.27 bits per heavy atom. The average Bonchev–Trinajstić information content (AvgIpc) is 2.85. The number of aromatic nitrogens is 1. The van der Waals surface area contributed by atoms with Gasteiger partial charge in [-0.3, -0.25) is 9.59 Å². The Morgan fingerprint density at radius 1 is 0.703 bits per heavy atom. The highest BCUT2D eigenvalue weighted by atomic mass is 19.4. The molecule has 1 aliphatic heterocycles. The van der Waals surface area contributed by atoms with Gasteiger partial charge in [0.1, 0.15) is 5.69 Å². The molecule has 10 heteroatoms. The molecule has 2 heterocycles. The van der Waals surface area contributed by atoms with Gasteiger partial charge in [-0.25, -0.2) is 0 Å². The summed E-state index contributed by atoms with van der Waals surface area (Å²) >= 11 is 0. The summed E-state index contributed by atoms with van der Waals surface area (Å²) in [6, 6.07) is 16.9. The van der Waals surface area contributed by atoms with Crippen LogP contribution in [-0.2, 0) is 25.4 Å². The topological polar surface area (TPSA) is 42.3 Å². The van der Waals surface area contributed by atoms with Gasteiger partial charge in [-0.2, -0.15) is 26.3 Å². The Bertz CT molecular complexity index is 1540. The number of benzene rings is 3. The van der Waals surface area contributed by atoms with Gasteiger partial charge in [0.25, 0.3) is 11.5 Å². The zero-order chi connectivity index (χ0) is 26.5. The Labute approximate surface area is 206 Å². The minimum absolute atomic E-state index is 0.0374. The number of halogens is 6. The molecule has 0 bridgehead atoms. The minimum Gasteiger partial charge on any atom is -0.331 e. The summed E-state index contributed by atoms with van der Waals surface area (Å²) in [7, 11) is 0. The lowest BCUT2D eigenvalue weighted by Crippen LogP contribution is -2.44. The molecule has 0 aliphatic carbocycles. The van der Waals surface area contributed by atoms with Crippen molar-refractivity contribution < 1.29 is 31.1 Å². The van der Waals surface area contributed by atoms with Gasteiger partial charge in [0.05, 0.1) is 11.1 Å². The van der Waals surface area contributed by atoms with Crippen molar-refractivity contribution in [3.8, 4) is 11.1 Å². The third-order valence-electron chi connectivity index (χ3n) is 6.35. The molecule has 0 unspecified atom stereocenters. The fourth-order valence-electron chi connectivity index (χ4n) is 4.68. The lowest BCUT2D eigenvalue weighted by atomic mass is 9.95. The van der Waals surface area contributed by atoms with Crippen molar-refractivity contribution in [1.82, 2.24) is 9.47 Å². The van der Waals surface area contributed by atoms with Crippen LogP contribution in [0.3, 0.4) is 0 Å². The van der Waals surface area contributed by atoms with E-state index in [0.717, 1.165) is 0 Å². The molecular formula is C27H18F6N2O2. The van der Waals surface area contributed by atoms with Crippen molar-refractivity contribution in [2.75, 3.05) is 6.54 Å². The molecule has 190 valence electrons.